The number of hydrogen-bond donors (Lipinski definition) is 1. The average Bonchev–Trinajstić information content (AvgIpc) is 2.67. The molecule has 0 aliphatic carbocycles. The molecule has 1 unspecified atom stereocenters. The number of amides is 1. The van der Waals surface area contributed by atoms with Crippen molar-refractivity contribution in [1.29, 1.82) is 0 Å². The number of pyridine rings is 1. The third-order valence-corrected chi connectivity index (χ3v) is 3.81. The van der Waals surface area contributed by atoms with Crippen molar-refractivity contribution in [3.05, 3.63) is 23.9 Å². The summed E-state index contributed by atoms with van der Waals surface area (Å²) in [4.78, 5) is 28.1. The van der Waals surface area contributed by atoms with Crippen molar-refractivity contribution in [2.75, 3.05) is 17.2 Å². The van der Waals surface area contributed by atoms with Crippen molar-refractivity contribution < 1.29 is 18.0 Å². The third kappa shape index (κ3) is 3.15. The highest BCUT2D eigenvalue weighted by Gasteiger charge is 2.34. The molecule has 0 bridgehead atoms. The van der Waals surface area contributed by atoms with E-state index in [0.29, 0.717) is 11.8 Å². The molecule has 1 aromatic heterocycles. The molecule has 1 amide bonds. The number of sulfonamides is 1. The maximum absolute atomic E-state index is 11.9. The van der Waals surface area contributed by atoms with Crippen molar-refractivity contribution >= 4 is 28.0 Å². The van der Waals surface area contributed by atoms with Crippen LogP contribution in [-0.2, 0) is 14.8 Å². The van der Waals surface area contributed by atoms with Gasteiger partial charge in [-0.15, -0.1) is 0 Å². The third-order valence-electron chi connectivity index (χ3n) is 2.87. The van der Waals surface area contributed by atoms with Crippen LogP contribution in [0.2, 0.25) is 0 Å². The fraction of sp³-hybridized carbons (Fsp3) is 0.364. The molecule has 102 valence electrons. The second-order valence-corrected chi connectivity index (χ2v) is 6.10. The molecule has 0 radical (unpaired) electrons. The first-order valence-electron chi connectivity index (χ1n) is 5.62. The summed E-state index contributed by atoms with van der Waals surface area (Å²) < 4.78 is 22.1. The Balaban J connectivity index is 2.23. The van der Waals surface area contributed by atoms with E-state index in [1.807, 2.05) is 0 Å². The summed E-state index contributed by atoms with van der Waals surface area (Å²) in [5.74, 6) is -0.614. The van der Waals surface area contributed by atoms with Gasteiger partial charge < -0.3 is 0 Å². The molecule has 2 N–H and O–H groups in total. The van der Waals surface area contributed by atoms with E-state index in [1.54, 1.807) is 12.1 Å². The molecule has 0 spiro atoms. The van der Waals surface area contributed by atoms with Crippen LogP contribution in [-0.4, -0.2) is 37.9 Å². The molecule has 1 fully saturated rings. The van der Waals surface area contributed by atoms with E-state index < -0.39 is 10.0 Å². The number of anilines is 1. The molecule has 1 aromatic rings. The smallest absolute Gasteiger partial charge is 0.228 e. The zero-order chi connectivity index (χ0) is 14.0. The summed E-state index contributed by atoms with van der Waals surface area (Å²) in [6.07, 6.45) is 2.18. The Morgan fingerprint density at radius 3 is 2.89 bits per heavy atom. The lowest BCUT2D eigenvalue weighted by molar-refractivity contribution is -0.117. The fourth-order valence-corrected chi connectivity index (χ4v) is 3.03. The second-order valence-electron chi connectivity index (χ2n) is 4.44. The van der Waals surface area contributed by atoms with Gasteiger partial charge in [-0.2, -0.15) is 0 Å². The van der Waals surface area contributed by atoms with Crippen molar-refractivity contribution in [3.63, 3.8) is 0 Å². The molecule has 1 aliphatic rings. The van der Waals surface area contributed by atoms with E-state index in [1.165, 1.54) is 11.1 Å². The van der Waals surface area contributed by atoms with Gasteiger partial charge in [0.1, 0.15) is 5.82 Å². The first kappa shape index (κ1) is 13.6. The second kappa shape index (κ2) is 5.06. The van der Waals surface area contributed by atoms with Gasteiger partial charge in [-0.1, -0.05) is 0 Å². The van der Waals surface area contributed by atoms with Crippen LogP contribution in [0.4, 0.5) is 5.82 Å². The molecule has 2 heterocycles. The molecular formula is C11H13N3O4S. The maximum Gasteiger partial charge on any atom is 0.228 e. The van der Waals surface area contributed by atoms with E-state index in [2.05, 4.69) is 4.98 Å². The molecule has 19 heavy (non-hydrogen) atoms. The van der Waals surface area contributed by atoms with Crippen LogP contribution in [0.1, 0.15) is 16.8 Å². The number of aromatic nitrogens is 1. The summed E-state index contributed by atoms with van der Waals surface area (Å²) in [5, 5.41) is 4.97. The Bertz CT molecular complexity index is 614. The zero-order valence-corrected chi connectivity index (χ0v) is 10.8. The number of nitrogens with zero attached hydrogens (tertiary/aromatic N) is 2. The highest BCUT2D eigenvalue weighted by atomic mass is 32.2. The summed E-state index contributed by atoms with van der Waals surface area (Å²) >= 11 is 0. The van der Waals surface area contributed by atoms with Crippen molar-refractivity contribution in [2.24, 2.45) is 11.1 Å². The molecular weight excluding hydrogens is 270 g/mol. The van der Waals surface area contributed by atoms with Gasteiger partial charge in [0.2, 0.25) is 15.9 Å². The number of rotatable bonds is 4. The van der Waals surface area contributed by atoms with E-state index in [-0.39, 0.29) is 36.4 Å². The van der Waals surface area contributed by atoms with Crippen LogP contribution in [0.25, 0.3) is 0 Å². The minimum Gasteiger partial charge on any atom is -0.298 e. The zero-order valence-electron chi connectivity index (χ0n) is 10.0. The maximum atomic E-state index is 11.9. The lowest BCUT2D eigenvalue weighted by atomic mass is 10.1. The fourth-order valence-electron chi connectivity index (χ4n) is 2.15. The van der Waals surface area contributed by atoms with Crippen LogP contribution in [0.5, 0.6) is 0 Å². The molecule has 1 atom stereocenters. The lowest BCUT2D eigenvalue weighted by Crippen LogP contribution is -2.28. The summed E-state index contributed by atoms with van der Waals surface area (Å²) in [6.45, 7) is 0.202. The first-order chi connectivity index (χ1) is 8.90. The largest absolute Gasteiger partial charge is 0.298 e. The summed E-state index contributed by atoms with van der Waals surface area (Å²) in [6, 6.07) is 3.14. The Hall–Kier alpha value is -1.80. The van der Waals surface area contributed by atoms with Gasteiger partial charge in [0.05, 0.1) is 11.3 Å². The predicted octanol–water partition coefficient (Wildman–Crippen LogP) is -0.464. The summed E-state index contributed by atoms with van der Waals surface area (Å²) in [5.41, 5.74) is 0.298. The van der Waals surface area contributed by atoms with Crippen molar-refractivity contribution in [2.45, 2.75) is 6.42 Å². The Kier molecular flexibility index (Phi) is 3.63. The number of primary sulfonamides is 1. The molecule has 1 saturated heterocycles. The minimum atomic E-state index is -3.62. The number of aldehydes is 1. The number of carbonyl (C=O) groups is 2. The van der Waals surface area contributed by atoms with Gasteiger partial charge in [-0.25, -0.2) is 18.5 Å². The Labute approximate surface area is 110 Å². The number of nitrogens with two attached hydrogens (primary N) is 1. The topological polar surface area (TPSA) is 110 Å². The van der Waals surface area contributed by atoms with Crippen LogP contribution >= 0.6 is 0 Å². The van der Waals surface area contributed by atoms with E-state index in [4.69, 9.17) is 5.14 Å². The van der Waals surface area contributed by atoms with E-state index in [9.17, 15) is 18.0 Å². The molecule has 2 rings (SSSR count). The monoisotopic (exact) mass is 283 g/mol. The molecule has 0 saturated carbocycles. The van der Waals surface area contributed by atoms with Gasteiger partial charge in [-0.05, 0) is 12.1 Å². The normalized spacial score (nSPS) is 19.7. The van der Waals surface area contributed by atoms with E-state index in [0.717, 1.165) is 0 Å². The van der Waals surface area contributed by atoms with Crippen LogP contribution < -0.4 is 10.0 Å². The van der Waals surface area contributed by atoms with Gasteiger partial charge >= 0.3 is 0 Å². The van der Waals surface area contributed by atoms with Gasteiger partial charge in [0.15, 0.2) is 6.29 Å². The van der Waals surface area contributed by atoms with Crippen LogP contribution in [0, 0.1) is 5.92 Å². The SMILES string of the molecule is NS(=O)(=O)CC1CC(=O)N(c2ncccc2C=O)C1. The molecule has 8 heteroatoms. The lowest BCUT2D eigenvalue weighted by Gasteiger charge is -2.16. The van der Waals surface area contributed by atoms with Gasteiger partial charge in [0, 0.05) is 25.1 Å². The summed E-state index contributed by atoms with van der Waals surface area (Å²) in [7, 11) is -3.62. The van der Waals surface area contributed by atoms with Gasteiger partial charge in [-0.3, -0.25) is 14.5 Å². The Morgan fingerprint density at radius 1 is 1.53 bits per heavy atom. The Morgan fingerprint density at radius 2 is 2.26 bits per heavy atom. The number of carbonyl (C=O) groups excluding carboxylic acids is 2. The highest BCUT2D eigenvalue weighted by molar-refractivity contribution is 7.89. The average molecular weight is 283 g/mol. The minimum absolute atomic E-state index is 0.0886. The predicted molar refractivity (Wildman–Crippen MR) is 68.1 cm³/mol. The molecule has 7 nitrogen and oxygen atoms in total. The quantitative estimate of drug-likeness (QED) is 0.751. The van der Waals surface area contributed by atoms with Crippen LogP contribution in [0.15, 0.2) is 18.3 Å². The standard InChI is InChI=1S/C11H13N3O4S/c12-19(17,18)7-8-4-10(16)14(5-8)11-9(6-15)2-1-3-13-11/h1-3,6,8H,4-5,7H2,(H2,12,17,18). The van der Waals surface area contributed by atoms with Crippen molar-refractivity contribution in [1.82, 2.24) is 4.98 Å². The van der Waals surface area contributed by atoms with Gasteiger partial charge in [0.25, 0.3) is 0 Å². The molecule has 0 aromatic carbocycles. The van der Waals surface area contributed by atoms with Crippen molar-refractivity contribution in [3.8, 4) is 0 Å². The highest BCUT2D eigenvalue weighted by Crippen LogP contribution is 2.25. The molecule has 1 aliphatic heterocycles. The number of hydrogen-bond acceptors (Lipinski definition) is 5. The van der Waals surface area contributed by atoms with Crippen LogP contribution in [0.3, 0.4) is 0 Å². The van der Waals surface area contributed by atoms with E-state index >= 15 is 0 Å². The first-order valence-corrected chi connectivity index (χ1v) is 7.33.